The molecule has 1 fully saturated rings. The molecule has 0 atom stereocenters. The van der Waals surface area contributed by atoms with Crippen LogP contribution in [-0.4, -0.2) is 32.7 Å². The Morgan fingerprint density at radius 3 is 2.56 bits per heavy atom. The molecule has 0 bridgehead atoms. The molecule has 25 heavy (non-hydrogen) atoms. The molecule has 126 valence electrons. The standard InChI is InChI=1S/C18H14N2O3S2/c21-14-9-5-4-8-13(14)19-16(22)11-20-17(23)15(25-18(20)24)10-12-6-2-1-3-7-12/h1-10,21H,11H2,(H,19,22)/b15-10-. The van der Waals surface area contributed by atoms with Gasteiger partial charge in [0.25, 0.3) is 5.91 Å². The SMILES string of the molecule is O=C(CN1C(=O)/C(=C/c2ccccc2)SC1=S)Nc1ccccc1O. The third kappa shape index (κ3) is 4.07. The van der Waals surface area contributed by atoms with Crippen LogP contribution < -0.4 is 5.32 Å². The number of rotatable bonds is 4. The summed E-state index contributed by atoms with van der Waals surface area (Å²) >= 11 is 6.39. The monoisotopic (exact) mass is 370 g/mol. The van der Waals surface area contributed by atoms with E-state index in [-0.39, 0.29) is 23.9 Å². The molecular formula is C18H14N2O3S2. The average molecular weight is 370 g/mol. The minimum absolute atomic E-state index is 0.0368. The molecule has 7 heteroatoms. The number of aromatic hydroxyl groups is 1. The molecule has 0 radical (unpaired) electrons. The molecule has 0 spiro atoms. The summed E-state index contributed by atoms with van der Waals surface area (Å²) in [5.41, 5.74) is 1.18. The normalized spacial score (nSPS) is 15.7. The second-order valence-corrected chi connectivity index (χ2v) is 6.92. The van der Waals surface area contributed by atoms with Crippen LogP contribution in [0, 0.1) is 0 Å². The Labute approximate surface area is 154 Å². The van der Waals surface area contributed by atoms with Gasteiger partial charge >= 0.3 is 0 Å². The molecule has 3 rings (SSSR count). The number of amides is 2. The lowest BCUT2D eigenvalue weighted by atomic mass is 10.2. The van der Waals surface area contributed by atoms with E-state index in [1.807, 2.05) is 30.3 Å². The number of benzene rings is 2. The van der Waals surface area contributed by atoms with Gasteiger partial charge in [0.05, 0.1) is 10.6 Å². The molecule has 1 heterocycles. The summed E-state index contributed by atoms with van der Waals surface area (Å²) in [4.78, 5) is 26.4. The van der Waals surface area contributed by atoms with Crippen LogP contribution in [-0.2, 0) is 9.59 Å². The Bertz CT molecular complexity index is 866. The van der Waals surface area contributed by atoms with E-state index in [1.165, 1.54) is 22.7 Å². The highest BCUT2D eigenvalue weighted by molar-refractivity contribution is 8.26. The van der Waals surface area contributed by atoms with E-state index in [2.05, 4.69) is 5.32 Å². The number of phenolic OH excluding ortho intramolecular Hbond substituents is 1. The average Bonchev–Trinajstić information content (AvgIpc) is 2.85. The third-order valence-corrected chi connectivity index (χ3v) is 4.83. The number of phenols is 1. The summed E-state index contributed by atoms with van der Waals surface area (Å²) in [6.45, 7) is -0.203. The lowest BCUT2D eigenvalue weighted by molar-refractivity contribution is -0.126. The molecular weight excluding hydrogens is 356 g/mol. The van der Waals surface area contributed by atoms with Gasteiger partial charge in [-0.15, -0.1) is 0 Å². The van der Waals surface area contributed by atoms with Crippen molar-refractivity contribution in [2.75, 3.05) is 11.9 Å². The molecule has 2 N–H and O–H groups in total. The number of carbonyl (C=O) groups excluding carboxylic acids is 2. The van der Waals surface area contributed by atoms with E-state index < -0.39 is 5.91 Å². The van der Waals surface area contributed by atoms with Crippen LogP contribution in [0.25, 0.3) is 6.08 Å². The summed E-state index contributed by atoms with van der Waals surface area (Å²) in [6.07, 6.45) is 1.75. The predicted molar refractivity (Wildman–Crippen MR) is 103 cm³/mol. The zero-order valence-electron chi connectivity index (χ0n) is 13.0. The molecule has 0 saturated carbocycles. The van der Waals surface area contributed by atoms with E-state index in [1.54, 1.807) is 24.3 Å². The van der Waals surface area contributed by atoms with Crippen LogP contribution in [0.4, 0.5) is 5.69 Å². The first kappa shape index (κ1) is 17.2. The van der Waals surface area contributed by atoms with Crippen molar-refractivity contribution in [3.8, 4) is 5.75 Å². The van der Waals surface area contributed by atoms with Crippen molar-refractivity contribution in [1.29, 1.82) is 0 Å². The fraction of sp³-hybridized carbons (Fsp3) is 0.0556. The molecule has 0 aromatic heterocycles. The second kappa shape index (κ2) is 7.50. The Hall–Kier alpha value is -2.64. The minimum Gasteiger partial charge on any atom is -0.506 e. The maximum Gasteiger partial charge on any atom is 0.266 e. The first-order chi connectivity index (χ1) is 12.0. The number of thiocarbonyl (C=S) groups is 1. The maximum absolute atomic E-state index is 12.5. The van der Waals surface area contributed by atoms with Crippen LogP contribution in [0.1, 0.15) is 5.56 Å². The van der Waals surface area contributed by atoms with Gasteiger partial charge in [0.2, 0.25) is 5.91 Å². The van der Waals surface area contributed by atoms with Crippen molar-refractivity contribution in [2.45, 2.75) is 0 Å². The zero-order valence-corrected chi connectivity index (χ0v) is 14.6. The number of para-hydroxylation sites is 2. The van der Waals surface area contributed by atoms with E-state index in [9.17, 15) is 14.7 Å². The van der Waals surface area contributed by atoms with Crippen LogP contribution in [0.5, 0.6) is 5.75 Å². The van der Waals surface area contributed by atoms with E-state index in [0.29, 0.717) is 9.23 Å². The maximum atomic E-state index is 12.5. The van der Waals surface area contributed by atoms with Crippen molar-refractivity contribution >= 4 is 51.9 Å². The van der Waals surface area contributed by atoms with Gasteiger partial charge in [-0.25, -0.2) is 0 Å². The van der Waals surface area contributed by atoms with Gasteiger partial charge < -0.3 is 10.4 Å². The van der Waals surface area contributed by atoms with Crippen LogP contribution in [0.15, 0.2) is 59.5 Å². The minimum atomic E-state index is -0.432. The summed E-state index contributed by atoms with van der Waals surface area (Å²) in [7, 11) is 0. The smallest absolute Gasteiger partial charge is 0.266 e. The van der Waals surface area contributed by atoms with Crippen molar-refractivity contribution in [1.82, 2.24) is 4.90 Å². The fourth-order valence-electron chi connectivity index (χ4n) is 2.25. The number of nitrogens with one attached hydrogen (secondary N) is 1. The Kier molecular flexibility index (Phi) is 5.16. The van der Waals surface area contributed by atoms with Gasteiger partial charge in [0, 0.05) is 0 Å². The number of hydrogen-bond donors (Lipinski definition) is 2. The van der Waals surface area contributed by atoms with Gasteiger partial charge in [0.1, 0.15) is 16.6 Å². The first-order valence-electron chi connectivity index (χ1n) is 7.43. The largest absolute Gasteiger partial charge is 0.506 e. The second-order valence-electron chi connectivity index (χ2n) is 5.24. The summed E-state index contributed by atoms with van der Waals surface area (Å²) in [5, 5.41) is 12.3. The highest BCUT2D eigenvalue weighted by atomic mass is 32.2. The molecule has 1 aliphatic rings. The van der Waals surface area contributed by atoms with Gasteiger partial charge in [0.15, 0.2) is 0 Å². The summed E-state index contributed by atoms with van der Waals surface area (Å²) < 4.78 is 0.333. The Morgan fingerprint density at radius 1 is 1.16 bits per heavy atom. The van der Waals surface area contributed by atoms with Crippen LogP contribution in [0.3, 0.4) is 0 Å². The number of carbonyl (C=O) groups is 2. The summed E-state index contributed by atoms with van der Waals surface area (Å²) in [6, 6.07) is 15.8. The number of thioether (sulfide) groups is 1. The molecule has 5 nitrogen and oxygen atoms in total. The Morgan fingerprint density at radius 2 is 1.84 bits per heavy atom. The van der Waals surface area contributed by atoms with E-state index >= 15 is 0 Å². The van der Waals surface area contributed by atoms with Crippen LogP contribution in [0.2, 0.25) is 0 Å². The van der Waals surface area contributed by atoms with Gasteiger partial charge in [-0.3, -0.25) is 14.5 Å². The number of hydrogen-bond acceptors (Lipinski definition) is 5. The summed E-state index contributed by atoms with van der Waals surface area (Å²) in [5.74, 6) is -0.768. The third-order valence-electron chi connectivity index (χ3n) is 3.45. The molecule has 2 aromatic rings. The van der Waals surface area contributed by atoms with Crippen molar-refractivity contribution in [3.63, 3.8) is 0 Å². The molecule has 2 amide bonds. The van der Waals surface area contributed by atoms with Crippen molar-refractivity contribution < 1.29 is 14.7 Å². The highest BCUT2D eigenvalue weighted by Gasteiger charge is 2.33. The fourth-order valence-corrected chi connectivity index (χ4v) is 3.50. The quantitative estimate of drug-likeness (QED) is 0.491. The number of anilines is 1. The highest BCUT2D eigenvalue weighted by Crippen LogP contribution is 2.32. The molecule has 2 aromatic carbocycles. The predicted octanol–water partition coefficient (Wildman–Crippen LogP) is 3.23. The van der Waals surface area contributed by atoms with Crippen molar-refractivity contribution in [3.05, 3.63) is 65.1 Å². The first-order valence-corrected chi connectivity index (χ1v) is 8.65. The molecule has 0 aliphatic carbocycles. The zero-order chi connectivity index (χ0) is 17.8. The van der Waals surface area contributed by atoms with Gasteiger partial charge in [-0.05, 0) is 23.8 Å². The van der Waals surface area contributed by atoms with Crippen LogP contribution >= 0.6 is 24.0 Å². The molecule has 0 unspecified atom stereocenters. The topological polar surface area (TPSA) is 69.6 Å². The van der Waals surface area contributed by atoms with Gasteiger partial charge in [-0.2, -0.15) is 0 Å². The van der Waals surface area contributed by atoms with E-state index in [4.69, 9.17) is 12.2 Å². The molecule has 1 saturated heterocycles. The van der Waals surface area contributed by atoms with Crippen molar-refractivity contribution in [2.24, 2.45) is 0 Å². The van der Waals surface area contributed by atoms with Gasteiger partial charge in [-0.1, -0.05) is 66.4 Å². The Balaban J connectivity index is 1.70. The number of nitrogens with zero attached hydrogens (tertiary/aromatic N) is 1. The lowest BCUT2D eigenvalue weighted by Crippen LogP contribution is -2.36. The lowest BCUT2D eigenvalue weighted by Gasteiger charge is -2.14. The molecule has 1 aliphatic heterocycles. The van der Waals surface area contributed by atoms with E-state index in [0.717, 1.165) is 5.56 Å².